The molecule has 0 bridgehead atoms. The third-order valence-electron chi connectivity index (χ3n) is 3.08. The van der Waals surface area contributed by atoms with Crippen molar-refractivity contribution in [2.45, 2.75) is 60.1 Å². The van der Waals surface area contributed by atoms with E-state index >= 15 is 0 Å². The normalized spacial score (nSPS) is 13.6. The van der Waals surface area contributed by atoms with Gasteiger partial charge in [0.1, 0.15) is 5.75 Å². The van der Waals surface area contributed by atoms with Crippen molar-refractivity contribution in [1.82, 2.24) is 5.32 Å². The molecule has 0 heterocycles. The molecule has 0 aliphatic carbocycles. The molecule has 2 heteroatoms. The Bertz CT molecular complexity index is 362. The van der Waals surface area contributed by atoms with Crippen molar-refractivity contribution in [2.75, 3.05) is 6.54 Å². The Balaban J connectivity index is 2.46. The summed E-state index contributed by atoms with van der Waals surface area (Å²) in [6, 6.07) is 8.78. The zero-order chi connectivity index (χ0) is 14.5. The molecule has 0 aliphatic rings. The van der Waals surface area contributed by atoms with E-state index in [9.17, 15) is 0 Å². The Morgan fingerprint density at radius 3 is 2.11 bits per heavy atom. The number of rotatable bonds is 6. The number of hydrogen-bond acceptors (Lipinski definition) is 2. The van der Waals surface area contributed by atoms with Crippen LogP contribution in [0.4, 0.5) is 0 Å². The second-order valence-corrected chi connectivity index (χ2v) is 6.72. The van der Waals surface area contributed by atoms with E-state index in [4.69, 9.17) is 4.74 Å². The third kappa shape index (κ3) is 6.63. The van der Waals surface area contributed by atoms with E-state index < -0.39 is 0 Å². The lowest BCUT2D eigenvalue weighted by molar-refractivity contribution is 0.242. The highest BCUT2D eigenvalue weighted by molar-refractivity contribution is 5.29. The summed E-state index contributed by atoms with van der Waals surface area (Å²) in [6.45, 7) is 14.2. The Morgan fingerprint density at radius 1 is 1.05 bits per heavy atom. The first kappa shape index (κ1) is 16.0. The van der Waals surface area contributed by atoms with Gasteiger partial charge in [-0.2, -0.15) is 0 Å². The van der Waals surface area contributed by atoms with Gasteiger partial charge in [0.2, 0.25) is 0 Å². The average Bonchev–Trinajstić information content (AvgIpc) is 2.27. The molecule has 2 nitrogen and oxygen atoms in total. The minimum absolute atomic E-state index is 0.230. The molecule has 0 aliphatic heterocycles. The van der Waals surface area contributed by atoms with Gasteiger partial charge in [-0.1, -0.05) is 32.9 Å². The Morgan fingerprint density at radius 2 is 1.63 bits per heavy atom. The van der Waals surface area contributed by atoms with E-state index in [0.29, 0.717) is 11.5 Å². The quantitative estimate of drug-likeness (QED) is 0.812. The van der Waals surface area contributed by atoms with Crippen LogP contribution in [0.1, 0.15) is 59.6 Å². The fourth-order valence-corrected chi connectivity index (χ4v) is 1.89. The molecule has 0 spiro atoms. The summed E-state index contributed by atoms with van der Waals surface area (Å²) in [6.07, 6.45) is 1.42. The molecular formula is C17H29NO. The molecule has 1 N–H and O–H groups in total. The molecule has 0 amide bonds. The van der Waals surface area contributed by atoms with Gasteiger partial charge >= 0.3 is 0 Å². The van der Waals surface area contributed by atoms with Gasteiger partial charge in [-0.25, -0.2) is 0 Å². The lowest BCUT2D eigenvalue weighted by Gasteiger charge is -2.21. The van der Waals surface area contributed by atoms with Crippen LogP contribution in [-0.2, 0) is 0 Å². The van der Waals surface area contributed by atoms with Gasteiger partial charge < -0.3 is 10.1 Å². The van der Waals surface area contributed by atoms with Crippen molar-refractivity contribution in [3.63, 3.8) is 0 Å². The van der Waals surface area contributed by atoms with Crippen LogP contribution in [0.25, 0.3) is 0 Å². The Labute approximate surface area is 118 Å². The lowest BCUT2D eigenvalue weighted by Crippen LogP contribution is -2.23. The van der Waals surface area contributed by atoms with Crippen LogP contribution in [0.2, 0.25) is 0 Å². The monoisotopic (exact) mass is 263 g/mol. The SMILES string of the molecule is CC(C)Oc1ccc(C(C)NCCC(C)(C)C)cc1. The Kier molecular flexibility index (Phi) is 5.86. The second-order valence-electron chi connectivity index (χ2n) is 6.72. The Hall–Kier alpha value is -1.02. The molecule has 1 unspecified atom stereocenters. The molecule has 1 aromatic carbocycles. The average molecular weight is 263 g/mol. The summed E-state index contributed by atoms with van der Waals surface area (Å²) >= 11 is 0. The number of nitrogens with one attached hydrogen (secondary N) is 1. The van der Waals surface area contributed by atoms with Crippen LogP contribution >= 0.6 is 0 Å². The maximum atomic E-state index is 5.65. The highest BCUT2D eigenvalue weighted by Crippen LogP contribution is 2.20. The van der Waals surface area contributed by atoms with Crippen LogP contribution in [0.3, 0.4) is 0 Å². The molecular weight excluding hydrogens is 234 g/mol. The van der Waals surface area contributed by atoms with Gasteiger partial charge in [-0.3, -0.25) is 0 Å². The first-order chi connectivity index (χ1) is 8.78. The van der Waals surface area contributed by atoms with Crippen molar-refractivity contribution in [3.8, 4) is 5.75 Å². The minimum Gasteiger partial charge on any atom is -0.491 e. The molecule has 19 heavy (non-hydrogen) atoms. The number of ether oxygens (including phenoxy) is 1. The fourth-order valence-electron chi connectivity index (χ4n) is 1.89. The third-order valence-corrected chi connectivity index (χ3v) is 3.08. The van der Waals surface area contributed by atoms with Gasteiger partial charge in [0, 0.05) is 6.04 Å². The molecule has 0 fully saturated rings. The first-order valence-electron chi connectivity index (χ1n) is 7.28. The second kappa shape index (κ2) is 6.95. The van der Waals surface area contributed by atoms with E-state index in [1.807, 2.05) is 13.8 Å². The lowest BCUT2D eigenvalue weighted by atomic mass is 9.92. The van der Waals surface area contributed by atoms with E-state index in [1.54, 1.807) is 0 Å². The van der Waals surface area contributed by atoms with Crippen molar-refractivity contribution >= 4 is 0 Å². The van der Waals surface area contributed by atoms with Gasteiger partial charge in [-0.15, -0.1) is 0 Å². The summed E-state index contributed by atoms with van der Waals surface area (Å²) in [5.74, 6) is 0.945. The molecule has 1 aromatic rings. The van der Waals surface area contributed by atoms with Crippen LogP contribution in [0, 0.1) is 5.41 Å². The smallest absolute Gasteiger partial charge is 0.119 e. The fraction of sp³-hybridized carbons (Fsp3) is 0.647. The predicted octanol–water partition coefficient (Wildman–Crippen LogP) is 4.56. The molecule has 108 valence electrons. The van der Waals surface area contributed by atoms with Crippen LogP contribution < -0.4 is 10.1 Å². The topological polar surface area (TPSA) is 21.3 Å². The molecule has 1 atom stereocenters. The van der Waals surface area contributed by atoms with E-state index in [1.165, 1.54) is 12.0 Å². The van der Waals surface area contributed by atoms with Gasteiger partial charge in [0.05, 0.1) is 6.10 Å². The maximum absolute atomic E-state index is 5.65. The predicted molar refractivity (Wildman–Crippen MR) is 82.7 cm³/mol. The van der Waals surface area contributed by atoms with Crippen molar-refractivity contribution in [3.05, 3.63) is 29.8 Å². The zero-order valence-corrected chi connectivity index (χ0v) is 13.3. The summed E-state index contributed by atoms with van der Waals surface area (Å²) < 4.78 is 5.65. The van der Waals surface area contributed by atoms with Gasteiger partial charge in [0.15, 0.2) is 0 Å². The van der Waals surface area contributed by atoms with Crippen LogP contribution in [0.15, 0.2) is 24.3 Å². The van der Waals surface area contributed by atoms with Crippen molar-refractivity contribution in [1.29, 1.82) is 0 Å². The summed E-state index contributed by atoms with van der Waals surface area (Å²) in [7, 11) is 0. The van der Waals surface area contributed by atoms with Crippen LogP contribution in [-0.4, -0.2) is 12.6 Å². The zero-order valence-electron chi connectivity index (χ0n) is 13.3. The molecule has 0 saturated heterocycles. The highest BCUT2D eigenvalue weighted by atomic mass is 16.5. The van der Waals surface area contributed by atoms with E-state index in [0.717, 1.165) is 12.3 Å². The van der Waals surface area contributed by atoms with E-state index in [2.05, 4.69) is 57.3 Å². The number of benzene rings is 1. The molecule has 0 aromatic heterocycles. The van der Waals surface area contributed by atoms with Crippen molar-refractivity contribution in [2.24, 2.45) is 5.41 Å². The van der Waals surface area contributed by atoms with E-state index in [-0.39, 0.29) is 6.10 Å². The largest absolute Gasteiger partial charge is 0.491 e. The highest BCUT2D eigenvalue weighted by Gasteiger charge is 2.11. The van der Waals surface area contributed by atoms with Gasteiger partial charge in [0.25, 0.3) is 0 Å². The summed E-state index contributed by atoms with van der Waals surface area (Å²) in [4.78, 5) is 0. The maximum Gasteiger partial charge on any atom is 0.119 e. The molecule has 0 radical (unpaired) electrons. The molecule has 0 saturated carbocycles. The van der Waals surface area contributed by atoms with Gasteiger partial charge in [-0.05, 0) is 56.8 Å². The first-order valence-corrected chi connectivity index (χ1v) is 7.28. The van der Waals surface area contributed by atoms with Crippen molar-refractivity contribution < 1.29 is 4.74 Å². The minimum atomic E-state index is 0.230. The summed E-state index contributed by atoms with van der Waals surface area (Å²) in [5, 5.41) is 3.57. The number of hydrogen-bond donors (Lipinski definition) is 1. The standard InChI is InChI=1S/C17H29NO/c1-13(2)19-16-9-7-15(8-10-16)14(3)18-12-11-17(4,5)6/h7-10,13-14,18H,11-12H2,1-6H3. The summed E-state index contributed by atoms with van der Waals surface area (Å²) in [5.41, 5.74) is 1.70. The van der Waals surface area contributed by atoms with Crippen LogP contribution in [0.5, 0.6) is 5.75 Å². The molecule has 1 rings (SSSR count).